The van der Waals surface area contributed by atoms with Crippen LogP contribution in [0.2, 0.25) is 0 Å². The maximum Gasteiger partial charge on any atom is 0.248 e. The van der Waals surface area contributed by atoms with Gasteiger partial charge in [0.1, 0.15) is 0 Å². The molecule has 0 fully saturated rings. The van der Waals surface area contributed by atoms with E-state index in [1.807, 2.05) is 67.2 Å². The van der Waals surface area contributed by atoms with Gasteiger partial charge in [0.15, 0.2) is 0 Å². The number of nitrogens with one attached hydrogen (secondary N) is 1. The highest BCUT2D eigenvalue weighted by Gasteiger charge is 2.00. The van der Waals surface area contributed by atoms with Crippen LogP contribution in [-0.4, -0.2) is 10.5 Å². The molecule has 0 spiro atoms. The number of aromatic nitrogens is 1. The summed E-state index contributed by atoms with van der Waals surface area (Å²) in [7, 11) is 0. The van der Waals surface area contributed by atoms with Gasteiger partial charge in [-0.2, -0.15) is 0 Å². The van der Waals surface area contributed by atoms with Gasteiger partial charge >= 0.3 is 0 Å². The van der Waals surface area contributed by atoms with E-state index < -0.39 is 0 Å². The number of allylic oxidation sites excluding steroid dienone is 1. The summed E-state index contributed by atoms with van der Waals surface area (Å²) in [5.74, 6) is -0.0975. The first-order valence-corrected chi connectivity index (χ1v) is 5.84. The van der Waals surface area contributed by atoms with Gasteiger partial charge in [-0.3, -0.25) is 4.79 Å². The topological polar surface area (TPSA) is 34.0 Å². The highest BCUT2D eigenvalue weighted by Crippen LogP contribution is 2.14. The fraction of sp³-hybridized carbons (Fsp3) is 0.133. The molecule has 3 heteroatoms. The molecular weight excluding hydrogens is 224 g/mol. The van der Waals surface area contributed by atoms with Gasteiger partial charge in [0.05, 0.1) is 0 Å². The fourth-order valence-electron chi connectivity index (χ4n) is 1.69. The molecule has 1 aromatic heterocycles. The second-order valence-corrected chi connectivity index (χ2v) is 4.35. The predicted molar refractivity (Wildman–Crippen MR) is 73.8 cm³/mol. The van der Waals surface area contributed by atoms with Gasteiger partial charge < -0.3 is 9.88 Å². The lowest BCUT2D eigenvalue weighted by atomic mass is 10.2. The van der Waals surface area contributed by atoms with Crippen molar-refractivity contribution in [2.24, 2.45) is 0 Å². The normalized spacial score (nSPS) is 9.89. The Labute approximate surface area is 107 Å². The van der Waals surface area contributed by atoms with Gasteiger partial charge in [-0.25, -0.2) is 0 Å². The van der Waals surface area contributed by atoms with Crippen molar-refractivity contribution < 1.29 is 4.79 Å². The van der Waals surface area contributed by atoms with Crippen molar-refractivity contribution >= 4 is 11.6 Å². The van der Waals surface area contributed by atoms with Crippen LogP contribution >= 0.6 is 0 Å². The highest BCUT2D eigenvalue weighted by molar-refractivity contribution is 5.99. The van der Waals surface area contributed by atoms with Crippen molar-refractivity contribution in [3.05, 3.63) is 60.4 Å². The third kappa shape index (κ3) is 3.10. The van der Waals surface area contributed by atoms with E-state index >= 15 is 0 Å². The summed E-state index contributed by atoms with van der Waals surface area (Å²) in [6.45, 7) is 3.80. The Bertz CT molecular complexity index is 564. The van der Waals surface area contributed by atoms with Crippen LogP contribution in [-0.2, 0) is 4.79 Å². The molecule has 0 aliphatic heterocycles. The summed E-state index contributed by atoms with van der Waals surface area (Å²) >= 11 is 0. The molecule has 1 heterocycles. The molecule has 1 aromatic carbocycles. The van der Waals surface area contributed by atoms with Crippen molar-refractivity contribution in [1.82, 2.24) is 4.57 Å². The molecule has 0 atom stereocenters. The van der Waals surface area contributed by atoms with E-state index in [1.54, 1.807) is 6.08 Å². The average Bonchev–Trinajstić information content (AvgIpc) is 2.81. The quantitative estimate of drug-likeness (QED) is 0.820. The molecule has 0 aliphatic rings. The second-order valence-electron chi connectivity index (χ2n) is 4.35. The fourth-order valence-corrected chi connectivity index (χ4v) is 1.69. The van der Waals surface area contributed by atoms with Crippen LogP contribution in [0.4, 0.5) is 5.69 Å². The molecule has 0 aliphatic carbocycles. The van der Waals surface area contributed by atoms with Gasteiger partial charge in [-0.15, -0.1) is 0 Å². The van der Waals surface area contributed by atoms with E-state index in [2.05, 4.69) is 5.32 Å². The van der Waals surface area contributed by atoms with E-state index in [-0.39, 0.29) is 5.91 Å². The van der Waals surface area contributed by atoms with Crippen LogP contribution < -0.4 is 5.32 Å². The van der Waals surface area contributed by atoms with E-state index in [1.165, 1.54) is 0 Å². The first-order chi connectivity index (χ1) is 8.65. The molecule has 1 N–H and O–H groups in total. The first-order valence-electron chi connectivity index (χ1n) is 5.84. The van der Waals surface area contributed by atoms with Crippen LogP contribution in [0.5, 0.6) is 0 Å². The summed E-state index contributed by atoms with van der Waals surface area (Å²) in [6, 6.07) is 11.7. The highest BCUT2D eigenvalue weighted by atomic mass is 16.1. The monoisotopic (exact) mass is 240 g/mol. The molecule has 0 radical (unpaired) electrons. The van der Waals surface area contributed by atoms with Gasteiger partial charge in [-0.05, 0) is 44.2 Å². The summed E-state index contributed by atoms with van der Waals surface area (Å²) < 4.78 is 2.00. The van der Waals surface area contributed by atoms with Crippen molar-refractivity contribution in [2.45, 2.75) is 13.8 Å². The van der Waals surface area contributed by atoms with Crippen LogP contribution in [0, 0.1) is 0 Å². The van der Waals surface area contributed by atoms with Gasteiger partial charge in [0.25, 0.3) is 0 Å². The molecule has 3 nitrogen and oxygen atoms in total. The van der Waals surface area contributed by atoms with Crippen LogP contribution in [0.3, 0.4) is 0 Å². The molecule has 2 rings (SSSR count). The number of hydrogen-bond donors (Lipinski definition) is 1. The lowest BCUT2D eigenvalue weighted by Gasteiger charge is -2.07. The number of rotatable bonds is 3. The Morgan fingerprint density at radius 2 is 1.89 bits per heavy atom. The SMILES string of the molecule is CC(C)=CC(=O)Nc1cccc(-n2cccc2)c1. The number of carbonyl (C=O) groups excluding carboxylic acids is 1. The molecular formula is C15H16N2O. The minimum Gasteiger partial charge on any atom is -0.324 e. The molecule has 0 saturated carbocycles. The molecule has 0 bridgehead atoms. The smallest absolute Gasteiger partial charge is 0.248 e. The van der Waals surface area contributed by atoms with Gasteiger partial charge in [0.2, 0.25) is 5.91 Å². The molecule has 2 aromatic rings. The Balaban J connectivity index is 2.18. The average molecular weight is 240 g/mol. The Morgan fingerprint density at radius 1 is 1.17 bits per heavy atom. The maximum absolute atomic E-state index is 11.6. The summed E-state index contributed by atoms with van der Waals surface area (Å²) in [5, 5.41) is 2.85. The molecule has 92 valence electrons. The Morgan fingerprint density at radius 3 is 2.56 bits per heavy atom. The van der Waals surface area contributed by atoms with Crippen molar-refractivity contribution in [3.8, 4) is 5.69 Å². The molecule has 0 saturated heterocycles. The largest absolute Gasteiger partial charge is 0.324 e. The van der Waals surface area contributed by atoms with Crippen LogP contribution in [0.1, 0.15) is 13.8 Å². The second kappa shape index (κ2) is 5.36. The minimum absolute atomic E-state index is 0.0975. The zero-order chi connectivity index (χ0) is 13.0. The zero-order valence-corrected chi connectivity index (χ0v) is 10.6. The number of amides is 1. The standard InChI is InChI=1S/C15H16N2O/c1-12(2)10-15(18)16-13-6-5-7-14(11-13)17-8-3-4-9-17/h3-11H,1-2H3,(H,16,18). The van der Waals surface area contributed by atoms with E-state index in [4.69, 9.17) is 0 Å². The summed E-state index contributed by atoms with van der Waals surface area (Å²) in [5.41, 5.74) is 2.80. The molecule has 0 unspecified atom stereocenters. The van der Waals surface area contributed by atoms with Crippen molar-refractivity contribution in [3.63, 3.8) is 0 Å². The number of anilines is 1. The lowest BCUT2D eigenvalue weighted by molar-refractivity contribution is -0.111. The maximum atomic E-state index is 11.6. The van der Waals surface area contributed by atoms with E-state index in [9.17, 15) is 4.79 Å². The first kappa shape index (κ1) is 12.2. The van der Waals surface area contributed by atoms with Gasteiger partial charge in [0, 0.05) is 29.8 Å². The number of benzene rings is 1. The lowest BCUT2D eigenvalue weighted by Crippen LogP contribution is -2.08. The van der Waals surface area contributed by atoms with Crippen LogP contribution in [0.25, 0.3) is 5.69 Å². The van der Waals surface area contributed by atoms with E-state index in [0.29, 0.717) is 0 Å². The third-order valence-corrected chi connectivity index (χ3v) is 2.44. The summed E-state index contributed by atoms with van der Waals surface area (Å²) in [6.07, 6.45) is 5.52. The molecule has 1 amide bonds. The minimum atomic E-state index is -0.0975. The van der Waals surface area contributed by atoms with Crippen molar-refractivity contribution in [2.75, 3.05) is 5.32 Å². The third-order valence-electron chi connectivity index (χ3n) is 2.44. The van der Waals surface area contributed by atoms with Gasteiger partial charge in [-0.1, -0.05) is 11.6 Å². The Hall–Kier alpha value is -2.29. The molecule has 18 heavy (non-hydrogen) atoms. The zero-order valence-electron chi connectivity index (χ0n) is 10.6. The summed E-state index contributed by atoms with van der Waals surface area (Å²) in [4.78, 5) is 11.6. The number of nitrogens with zero attached hydrogens (tertiary/aromatic N) is 1. The van der Waals surface area contributed by atoms with Crippen molar-refractivity contribution in [1.29, 1.82) is 0 Å². The number of hydrogen-bond acceptors (Lipinski definition) is 1. The number of carbonyl (C=O) groups is 1. The Kier molecular flexibility index (Phi) is 3.63. The van der Waals surface area contributed by atoms with E-state index in [0.717, 1.165) is 16.9 Å². The predicted octanol–water partition coefficient (Wildman–Crippen LogP) is 3.38. The van der Waals surface area contributed by atoms with Crippen LogP contribution in [0.15, 0.2) is 60.4 Å².